The number of aromatic nitrogens is 1. The molecule has 4 aromatic rings. The highest BCUT2D eigenvalue weighted by Gasteiger charge is 2.51. The molecule has 1 aliphatic rings. The summed E-state index contributed by atoms with van der Waals surface area (Å²) >= 11 is 1.39. The highest BCUT2D eigenvalue weighted by Crippen LogP contribution is 2.49. The van der Waals surface area contributed by atoms with Gasteiger partial charge in [0.25, 0.3) is 5.91 Å². The number of fused-ring (bicyclic) bond motifs is 1. The smallest absolute Gasteiger partial charge is 0.255 e. The van der Waals surface area contributed by atoms with Gasteiger partial charge in [0.05, 0.1) is 15.6 Å². The number of anilines is 2. The molecule has 1 fully saturated rings. The molecule has 2 N–H and O–H groups in total. The molecule has 0 aliphatic heterocycles. The lowest BCUT2D eigenvalue weighted by molar-refractivity contribution is -0.118. The first kappa shape index (κ1) is 20.4. The van der Waals surface area contributed by atoms with Crippen LogP contribution in [0.2, 0.25) is 0 Å². The van der Waals surface area contributed by atoms with Crippen molar-refractivity contribution in [1.29, 1.82) is 0 Å². The maximum absolute atomic E-state index is 13.0. The average molecular weight is 442 g/mol. The van der Waals surface area contributed by atoms with Gasteiger partial charge in [-0.1, -0.05) is 59.9 Å². The summed E-state index contributed by atoms with van der Waals surface area (Å²) in [5.74, 6) is -0.181. The number of aryl methyl sites for hydroxylation is 2. The Bertz CT molecular complexity index is 1320. The Kier molecular flexibility index (Phi) is 5.02. The molecule has 6 heteroatoms. The molecule has 1 aromatic heterocycles. The topological polar surface area (TPSA) is 71.1 Å². The van der Waals surface area contributed by atoms with E-state index in [4.69, 9.17) is 0 Å². The van der Waals surface area contributed by atoms with Crippen molar-refractivity contribution in [1.82, 2.24) is 4.98 Å². The Morgan fingerprint density at radius 1 is 0.906 bits per heavy atom. The van der Waals surface area contributed by atoms with E-state index in [9.17, 15) is 9.59 Å². The molecule has 0 saturated heterocycles. The molecule has 0 atom stereocenters. The van der Waals surface area contributed by atoms with Crippen LogP contribution >= 0.6 is 11.3 Å². The van der Waals surface area contributed by atoms with Crippen LogP contribution in [0.15, 0.2) is 66.7 Å². The van der Waals surface area contributed by atoms with E-state index in [2.05, 4.69) is 15.6 Å². The van der Waals surface area contributed by atoms with E-state index in [-0.39, 0.29) is 11.8 Å². The molecule has 0 spiro atoms. The lowest BCUT2D eigenvalue weighted by atomic mass is 9.95. The Labute approximate surface area is 190 Å². The fourth-order valence-electron chi connectivity index (χ4n) is 4.06. The molecule has 5 nitrogen and oxygen atoms in total. The number of para-hydroxylation sites is 1. The number of rotatable bonds is 5. The summed E-state index contributed by atoms with van der Waals surface area (Å²) in [4.78, 5) is 30.4. The van der Waals surface area contributed by atoms with Crippen LogP contribution < -0.4 is 10.6 Å². The number of carbonyl (C=O) groups excluding carboxylic acids is 2. The normalized spacial score (nSPS) is 14.2. The molecule has 3 aromatic carbocycles. The van der Waals surface area contributed by atoms with Gasteiger partial charge in [-0.2, -0.15) is 0 Å². The first-order valence-corrected chi connectivity index (χ1v) is 11.4. The number of carbonyl (C=O) groups is 2. The van der Waals surface area contributed by atoms with Gasteiger partial charge in [-0.25, -0.2) is 4.98 Å². The molecule has 0 radical (unpaired) electrons. The second kappa shape index (κ2) is 7.88. The van der Waals surface area contributed by atoms with Crippen LogP contribution in [0.25, 0.3) is 10.2 Å². The van der Waals surface area contributed by atoms with Gasteiger partial charge in [0.1, 0.15) is 0 Å². The van der Waals surface area contributed by atoms with Gasteiger partial charge in [-0.3, -0.25) is 9.59 Å². The number of hydrogen-bond acceptors (Lipinski definition) is 4. The standard InChI is InChI=1S/C26H23N3O2S/c1-16-7-6-8-17(2)22(16)28-23(30)18-11-12-20-21(15-18)32-25(27-20)29-24(31)26(13-14-26)19-9-4-3-5-10-19/h3-12,15H,13-14H2,1-2H3,(H,28,30)(H,27,29,31). The van der Waals surface area contributed by atoms with Crippen molar-refractivity contribution in [3.8, 4) is 0 Å². The molecule has 1 aliphatic carbocycles. The first-order valence-electron chi connectivity index (χ1n) is 10.6. The zero-order valence-corrected chi connectivity index (χ0v) is 18.8. The van der Waals surface area contributed by atoms with Crippen molar-refractivity contribution < 1.29 is 9.59 Å². The monoisotopic (exact) mass is 441 g/mol. The van der Waals surface area contributed by atoms with Gasteiger partial charge >= 0.3 is 0 Å². The first-order chi connectivity index (χ1) is 15.5. The van der Waals surface area contributed by atoms with Crippen LogP contribution in [0.1, 0.15) is 39.9 Å². The lowest BCUT2D eigenvalue weighted by Gasteiger charge is -2.14. The van der Waals surface area contributed by atoms with Crippen molar-refractivity contribution in [2.24, 2.45) is 0 Å². The number of amides is 2. The Hall–Kier alpha value is -3.51. The molecule has 160 valence electrons. The van der Waals surface area contributed by atoms with Crippen LogP contribution in [0.3, 0.4) is 0 Å². The third kappa shape index (κ3) is 3.67. The van der Waals surface area contributed by atoms with E-state index in [1.807, 2.05) is 74.5 Å². The van der Waals surface area contributed by atoms with Crippen molar-refractivity contribution in [2.75, 3.05) is 10.6 Å². The Balaban J connectivity index is 1.35. The summed E-state index contributed by atoms with van der Waals surface area (Å²) in [6.45, 7) is 3.96. The van der Waals surface area contributed by atoms with E-state index >= 15 is 0 Å². The summed E-state index contributed by atoms with van der Waals surface area (Å²) in [7, 11) is 0. The van der Waals surface area contributed by atoms with E-state index < -0.39 is 5.41 Å². The molecule has 0 unspecified atom stereocenters. The van der Waals surface area contributed by atoms with Gasteiger partial charge in [0, 0.05) is 11.3 Å². The largest absolute Gasteiger partial charge is 0.322 e. The van der Waals surface area contributed by atoms with Gasteiger partial charge in [-0.15, -0.1) is 0 Å². The van der Waals surface area contributed by atoms with Crippen LogP contribution in [-0.2, 0) is 10.2 Å². The number of nitrogens with zero attached hydrogens (tertiary/aromatic N) is 1. The molecule has 1 heterocycles. The molecule has 5 rings (SSSR count). The van der Waals surface area contributed by atoms with E-state index in [0.717, 1.165) is 45.4 Å². The summed E-state index contributed by atoms with van der Waals surface area (Å²) in [6, 6.07) is 21.2. The van der Waals surface area contributed by atoms with Crippen LogP contribution in [0, 0.1) is 13.8 Å². The number of hydrogen-bond donors (Lipinski definition) is 2. The van der Waals surface area contributed by atoms with Crippen molar-refractivity contribution in [2.45, 2.75) is 32.1 Å². The third-order valence-corrected chi connectivity index (χ3v) is 7.04. The summed E-state index contributed by atoms with van der Waals surface area (Å²) in [6.07, 6.45) is 1.69. The van der Waals surface area contributed by atoms with Crippen molar-refractivity contribution >= 4 is 44.2 Å². The number of thiazole rings is 1. The fraction of sp³-hybridized carbons (Fsp3) is 0.192. The number of benzene rings is 3. The van der Waals surface area contributed by atoms with E-state index in [0.29, 0.717) is 10.7 Å². The SMILES string of the molecule is Cc1cccc(C)c1NC(=O)c1ccc2nc(NC(=O)C3(c4ccccc4)CC3)sc2c1. The van der Waals surface area contributed by atoms with Crippen LogP contribution in [-0.4, -0.2) is 16.8 Å². The van der Waals surface area contributed by atoms with Gasteiger partial charge in [-0.05, 0) is 61.6 Å². The minimum absolute atomic E-state index is 0.0178. The highest BCUT2D eigenvalue weighted by atomic mass is 32.1. The molecule has 32 heavy (non-hydrogen) atoms. The molecular formula is C26H23N3O2S. The van der Waals surface area contributed by atoms with E-state index in [1.54, 1.807) is 6.07 Å². The predicted molar refractivity (Wildman–Crippen MR) is 129 cm³/mol. The summed E-state index contributed by atoms with van der Waals surface area (Å²) in [5, 5.41) is 6.58. The molecular weight excluding hydrogens is 418 g/mol. The quantitative estimate of drug-likeness (QED) is 0.409. The van der Waals surface area contributed by atoms with Crippen molar-refractivity contribution in [3.05, 3.63) is 89.0 Å². The third-order valence-electron chi connectivity index (χ3n) is 6.10. The van der Waals surface area contributed by atoms with Crippen molar-refractivity contribution in [3.63, 3.8) is 0 Å². The second-order valence-corrected chi connectivity index (χ2v) is 9.36. The Morgan fingerprint density at radius 3 is 2.31 bits per heavy atom. The maximum Gasteiger partial charge on any atom is 0.255 e. The maximum atomic E-state index is 13.0. The average Bonchev–Trinajstić information content (AvgIpc) is 3.51. The summed E-state index contributed by atoms with van der Waals surface area (Å²) < 4.78 is 0.860. The summed E-state index contributed by atoms with van der Waals surface area (Å²) in [5.41, 5.74) is 4.80. The Morgan fingerprint density at radius 2 is 1.62 bits per heavy atom. The van der Waals surface area contributed by atoms with Gasteiger partial charge < -0.3 is 10.6 Å². The highest BCUT2D eigenvalue weighted by molar-refractivity contribution is 7.22. The fourth-order valence-corrected chi connectivity index (χ4v) is 4.96. The van der Waals surface area contributed by atoms with Crippen LogP contribution in [0.4, 0.5) is 10.8 Å². The molecule has 1 saturated carbocycles. The van der Waals surface area contributed by atoms with Gasteiger partial charge in [0.2, 0.25) is 5.91 Å². The second-order valence-electron chi connectivity index (χ2n) is 8.32. The van der Waals surface area contributed by atoms with Crippen LogP contribution in [0.5, 0.6) is 0 Å². The molecule has 0 bridgehead atoms. The lowest BCUT2D eigenvalue weighted by Crippen LogP contribution is -2.27. The minimum Gasteiger partial charge on any atom is -0.322 e. The molecule has 2 amide bonds. The zero-order chi connectivity index (χ0) is 22.3. The minimum atomic E-state index is -0.449. The number of nitrogens with one attached hydrogen (secondary N) is 2. The van der Waals surface area contributed by atoms with E-state index in [1.165, 1.54) is 11.3 Å². The predicted octanol–water partition coefficient (Wildman–Crippen LogP) is 5.84. The zero-order valence-electron chi connectivity index (χ0n) is 17.9. The van der Waals surface area contributed by atoms with Gasteiger partial charge in [0.15, 0.2) is 5.13 Å².